The van der Waals surface area contributed by atoms with E-state index in [9.17, 15) is 5.11 Å². The number of nitrogens with zero attached hydrogens (tertiary/aromatic N) is 1. The average Bonchev–Trinajstić information content (AvgIpc) is 2.91. The maximum atomic E-state index is 10.3. The zero-order chi connectivity index (χ0) is 13.1. The third-order valence-corrected chi connectivity index (χ3v) is 4.11. The normalized spacial score (nSPS) is 12.2. The topological polar surface area (TPSA) is 51.6 Å². The summed E-state index contributed by atoms with van der Waals surface area (Å²) in [7, 11) is 3.14. The molecule has 18 heavy (non-hydrogen) atoms. The Morgan fingerprint density at radius 3 is 2.67 bits per heavy atom. The van der Waals surface area contributed by atoms with Gasteiger partial charge in [0.1, 0.15) is 22.1 Å². The van der Waals surface area contributed by atoms with Gasteiger partial charge in [-0.1, -0.05) is 0 Å². The van der Waals surface area contributed by atoms with Gasteiger partial charge in [0.05, 0.1) is 24.6 Å². The summed E-state index contributed by atoms with van der Waals surface area (Å²) in [5.41, 5.74) is 2.36. The molecule has 1 atom stereocenters. The van der Waals surface area contributed by atoms with Crippen LogP contribution >= 0.6 is 27.3 Å². The van der Waals surface area contributed by atoms with E-state index in [0.717, 1.165) is 4.88 Å². The summed E-state index contributed by atoms with van der Waals surface area (Å²) in [5, 5.41) is 10.3. The number of halogens is 1. The Kier molecular flexibility index (Phi) is 4.21. The van der Waals surface area contributed by atoms with Crippen molar-refractivity contribution >= 4 is 27.3 Å². The fraction of sp³-hybridized carbons (Fsp3) is 0.250. The number of aliphatic hydroxyl groups excluding tert-OH is 1. The fourth-order valence-corrected chi connectivity index (χ4v) is 2.95. The highest BCUT2D eigenvalue weighted by atomic mass is 79.9. The standard InChI is InChI=1S/C12H12BrNO3S/c1-16-8-4-3-7(12(17-2)10(8)13)11(15)9-5-14-6-18-9/h3-6,11,15H,1-2H3. The van der Waals surface area contributed by atoms with Gasteiger partial charge in [0, 0.05) is 11.8 Å². The van der Waals surface area contributed by atoms with E-state index in [1.807, 2.05) is 0 Å². The second-order valence-electron chi connectivity index (χ2n) is 3.51. The molecule has 0 saturated carbocycles. The molecular weight excluding hydrogens is 318 g/mol. The second kappa shape index (κ2) is 5.69. The molecule has 4 nitrogen and oxygen atoms in total. The van der Waals surface area contributed by atoms with Crippen molar-refractivity contribution in [2.75, 3.05) is 14.2 Å². The SMILES string of the molecule is COc1ccc(C(O)c2cncs2)c(OC)c1Br. The van der Waals surface area contributed by atoms with Gasteiger partial charge in [-0.15, -0.1) is 11.3 Å². The molecule has 0 amide bonds. The third-order valence-electron chi connectivity index (χ3n) is 2.53. The van der Waals surface area contributed by atoms with Gasteiger partial charge in [-0.3, -0.25) is 4.98 Å². The van der Waals surface area contributed by atoms with Crippen LogP contribution in [0.2, 0.25) is 0 Å². The van der Waals surface area contributed by atoms with Crippen molar-refractivity contribution in [3.8, 4) is 11.5 Å². The third kappa shape index (κ3) is 2.36. The first-order valence-electron chi connectivity index (χ1n) is 5.15. The minimum absolute atomic E-state index is 0.565. The summed E-state index contributed by atoms with van der Waals surface area (Å²) < 4.78 is 11.2. The van der Waals surface area contributed by atoms with Gasteiger partial charge in [-0.25, -0.2) is 0 Å². The number of rotatable bonds is 4. The van der Waals surface area contributed by atoms with E-state index in [1.54, 1.807) is 38.1 Å². The minimum Gasteiger partial charge on any atom is -0.495 e. The van der Waals surface area contributed by atoms with Crippen molar-refractivity contribution in [1.29, 1.82) is 0 Å². The van der Waals surface area contributed by atoms with Crippen LogP contribution in [0.15, 0.2) is 28.3 Å². The van der Waals surface area contributed by atoms with E-state index in [2.05, 4.69) is 20.9 Å². The van der Waals surface area contributed by atoms with Crippen molar-refractivity contribution in [2.24, 2.45) is 0 Å². The molecule has 1 heterocycles. The molecule has 0 fully saturated rings. The van der Waals surface area contributed by atoms with Crippen LogP contribution in [0.5, 0.6) is 11.5 Å². The van der Waals surface area contributed by atoms with Crippen LogP contribution in [-0.2, 0) is 0 Å². The molecule has 96 valence electrons. The van der Waals surface area contributed by atoms with E-state index in [1.165, 1.54) is 11.3 Å². The molecule has 1 aromatic heterocycles. The Hall–Kier alpha value is -1.11. The Morgan fingerprint density at radius 1 is 1.33 bits per heavy atom. The molecular formula is C12H12BrNO3S. The molecule has 0 aliphatic carbocycles. The summed E-state index contributed by atoms with van der Waals surface area (Å²) >= 11 is 4.81. The first kappa shape index (κ1) is 13.3. The monoisotopic (exact) mass is 329 g/mol. The number of hydrogen-bond acceptors (Lipinski definition) is 5. The van der Waals surface area contributed by atoms with Crippen LogP contribution in [0, 0.1) is 0 Å². The molecule has 0 radical (unpaired) electrons. The summed E-state index contributed by atoms with van der Waals surface area (Å²) in [5.74, 6) is 1.22. The van der Waals surface area contributed by atoms with Gasteiger partial charge < -0.3 is 14.6 Å². The smallest absolute Gasteiger partial charge is 0.142 e. The van der Waals surface area contributed by atoms with Crippen molar-refractivity contribution < 1.29 is 14.6 Å². The molecule has 1 N–H and O–H groups in total. The number of ether oxygens (including phenoxy) is 2. The van der Waals surface area contributed by atoms with Crippen LogP contribution < -0.4 is 9.47 Å². The Morgan fingerprint density at radius 2 is 2.11 bits per heavy atom. The molecule has 6 heteroatoms. The first-order chi connectivity index (χ1) is 8.69. The van der Waals surface area contributed by atoms with Gasteiger partial charge in [0.15, 0.2) is 0 Å². The van der Waals surface area contributed by atoms with Crippen LogP contribution in [0.4, 0.5) is 0 Å². The summed E-state index contributed by atoms with van der Waals surface area (Å²) in [6, 6.07) is 3.57. The van der Waals surface area contributed by atoms with Crippen molar-refractivity contribution in [3.05, 3.63) is 38.8 Å². The summed E-state index contributed by atoms with van der Waals surface area (Å²) in [6.45, 7) is 0. The fourth-order valence-electron chi connectivity index (χ4n) is 1.65. The lowest BCUT2D eigenvalue weighted by atomic mass is 10.1. The van der Waals surface area contributed by atoms with E-state index >= 15 is 0 Å². The van der Waals surface area contributed by atoms with E-state index < -0.39 is 6.10 Å². The van der Waals surface area contributed by atoms with E-state index in [4.69, 9.17) is 9.47 Å². The Bertz CT molecular complexity index is 530. The first-order valence-corrected chi connectivity index (χ1v) is 6.83. The minimum atomic E-state index is -0.755. The van der Waals surface area contributed by atoms with Crippen LogP contribution in [0.3, 0.4) is 0 Å². The summed E-state index contributed by atoms with van der Waals surface area (Å²) in [6.07, 6.45) is 0.891. The summed E-state index contributed by atoms with van der Waals surface area (Å²) in [4.78, 5) is 4.73. The molecule has 1 aromatic carbocycles. The number of methoxy groups -OCH3 is 2. The molecule has 0 bridgehead atoms. The Labute approximate surface area is 117 Å². The van der Waals surface area contributed by atoms with Gasteiger partial charge >= 0.3 is 0 Å². The van der Waals surface area contributed by atoms with Crippen LogP contribution in [0.25, 0.3) is 0 Å². The van der Waals surface area contributed by atoms with Crippen molar-refractivity contribution in [1.82, 2.24) is 4.98 Å². The van der Waals surface area contributed by atoms with Crippen LogP contribution in [0.1, 0.15) is 16.5 Å². The van der Waals surface area contributed by atoms with E-state index in [-0.39, 0.29) is 0 Å². The van der Waals surface area contributed by atoms with Gasteiger partial charge in [0.2, 0.25) is 0 Å². The van der Waals surface area contributed by atoms with Gasteiger partial charge in [-0.2, -0.15) is 0 Å². The molecule has 2 aromatic rings. The molecule has 0 aliphatic rings. The Balaban J connectivity index is 2.48. The average molecular weight is 330 g/mol. The number of thiazole rings is 1. The predicted molar refractivity (Wildman–Crippen MR) is 73.4 cm³/mol. The molecule has 0 aliphatic heterocycles. The van der Waals surface area contributed by atoms with Crippen LogP contribution in [-0.4, -0.2) is 24.3 Å². The molecule has 1 unspecified atom stereocenters. The zero-order valence-corrected chi connectivity index (χ0v) is 12.3. The lowest BCUT2D eigenvalue weighted by molar-refractivity contribution is 0.217. The highest BCUT2D eigenvalue weighted by molar-refractivity contribution is 9.10. The highest BCUT2D eigenvalue weighted by Gasteiger charge is 2.20. The molecule has 2 rings (SSSR count). The lowest BCUT2D eigenvalue weighted by Crippen LogP contribution is -2.02. The van der Waals surface area contributed by atoms with Crippen molar-refractivity contribution in [2.45, 2.75) is 6.10 Å². The quantitative estimate of drug-likeness (QED) is 0.936. The number of benzene rings is 1. The number of hydrogen-bond donors (Lipinski definition) is 1. The predicted octanol–water partition coefficient (Wildman–Crippen LogP) is 3.00. The lowest BCUT2D eigenvalue weighted by Gasteiger charge is -2.16. The number of aliphatic hydroxyl groups is 1. The number of aromatic nitrogens is 1. The molecule has 0 saturated heterocycles. The largest absolute Gasteiger partial charge is 0.495 e. The maximum Gasteiger partial charge on any atom is 0.142 e. The van der Waals surface area contributed by atoms with Gasteiger partial charge in [-0.05, 0) is 28.1 Å². The molecule has 0 spiro atoms. The van der Waals surface area contributed by atoms with Gasteiger partial charge in [0.25, 0.3) is 0 Å². The van der Waals surface area contributed by atoms with E-state index in [0.29, 0.717) is 21.5 Å². The maximum absolute atomic E-state index is 10.3. The van der Waals surface area contributed by atoms with Crippen molar-refractivity contribution in [3.63, 3.8) is 0 Å². The zero-order valence-electron chi connectivity index (χ0n) is 9.88. The second-order valence-corrected chi connectivity index (χ2v) is 5.22. The highest BCUT2D eigenvalue weighted by Crippen LogP contribution is 2.41.